The molecule has 0 saturated heterocycles. The average Bonchev–Trinajstić information content (AvgIpc) is 3.74. The van der Waals surface area contributed by atoms with Gasteiger partial charge in [-0.25, -0.2) is 0 Å². The molecule has 0 amide bonds. The van der Waals surface area contributed by atoms with Crippen molar-refractivity contribution >= 4 is 400 Å². The molecule has 0 unspecified atom stereocenters. The maximum absolute atomic E-state index is 7.07. The highest BCUT2D eigenvalue weighted by atomic mass is 16.3. The topological polar surface area (TPSA) is 13.1 Å². The minimum absolute atomic E-state index is 1.03. The van der Waals surface area contributed by atoms with Crippen molar-refractivity contribution in [2.75, 3.05) is 0 Å². The van der Waals surface area contributed by atoms with E-state index in [9.17, 15) is 0 Å². The predicted molar refractivity (Wildman–Crippen MR) is 395 cm³/mol. The average molecular weight is 854 g/mol. The van der Waals surface area contributed by atoms with Crippen LogP contribution in [0.25, 0.3) is 87.6 Å². The van der Waals surface area contributed by atoms with Crippen LogP contribution in [-0.2, 0) is 0 Å². The lowest BCUT2D eigenvalue weighted by atomic mass is 9.55. The molecular formula is C42H52B26O. The van der Waals surface area contributed by atoms with Crippen molar-refractivity contribution in [2.24, 2.45) is 0 Å². The van der Waals surface area contributed by atoms with Crippen molar-refractivity contribution in [3.63, 3.8) is 0 Å². The second-order valence-electron chi connectivity index (χ2n) is 22.3. The Labute approximate surface area is 435 Å². The highest BCUT2D eigenvalue weighted by molar-refractivity contribution is 6.77. The van der Waals surface area contributed by atoms with E-state index in [4.69, 9.17) is 4.42 Å². The number of fused-ring (bicyclic) bond motifs is 6. The van der Waals surface area contributed by atoms with E-state index in [1.54, 1.807) is 0 Å². The first-order valence-corrected chi connectivity index (χ1v) is 25.7. The monoisotopic (exact) mass is 859 g/mol. The molecule has 8 aromatic carbocycles. The van der Waals surface area contributed by atoms with Crippen LogP contribution in [0.5, 0.6) is 0 Å². The molecule has 0 radical (unpaired) electrons. The Kier molecular flexibility index (Phi) is 12.2. The van der Waals surface area contributed by atoms with E-state index >= 15 is 0 Å². The molecule has 1 nitrogen and oxygen atoms in total. The summed E-state index contributed by atoms with van der Waals surface area (Å²) in [5, 5.41) is 11.0. The molecule has 0 fully saturated rings. The summed E-state index contributed by atoms with van der Waals surface area (Å²) in [7, 11) is 61.5. The second kappa shape index (κ2) is 16.8. The number of hydrogen-bond acceptors (Lipinski definition) is 1. The van der Waals surface area contributed by atoms with Gasteiger partial charge in [0.15, 0.2) is 0 Å². The van der Waals surface area contributed by atoms with Crippen molar-refractivity contribution < 1.29 is 4.42 Å². The van der Waals surface area contributed by atoms with Gasteiger partial charge in [-0.15, -0.1) is 54.6 Å². The van der Waals surface area contributed by atoms with Crippen LogP contribution in [0.1, 0.15) is 0 Å². The van der Waals surface area contributed by atoms with Crippen molar-refractivity contribution in [3.05, 3.63) is 0 Å². The lowest BCUT2D eigenvalue weighted by Crippen LogP contribution is -2.56. The van der Waals surface area contributed by atoms with E-state index in [1.807, 2.05) is 0 Å². The van der Waals surface area contributed by atoms with Crippen molar-refractivity contribution in [1.82, 2.24) is 0 Å². The maximum Gasteiger partial charge on any atom is 0.143 e. The molecular weight excluding hydrogens is 802 g/mol. The molecule has 0 aliphatic rings. The van der Waals surface area contributed by atoms with Gasteiger partial charge in [-0.1, -0.05) is 87.4 Å². The van der Waals surface area contributed by atoms with Crippen molar-refractivity contribution in [3.8, 4) is 33.4 Å². The predicted octanol–water partition coefficient (Wildman–Crippen LogP) is -33.2. The van der Waals surface area contributed by atoms with Gasteiger partial charge < -0.3 is 4.42 Å². The summed E-state index contributed by atoms with van der Waals surface area (Å²) in [6, 6.07) is 0. The van der Waals surface area contributed by atoms with Crippen LogP contribution in [0.3, 0.4) is 0 Å². The van der Waals surface area contributed by atoms with Gasteiger partial charge in [0.1, 0.15) is 215 Å². The fourth-order valence-corrected chi connectivity index (χ4v) is 13.5. The zero-order valence-corrected chi connectivity index (χ0v) is 47.4. The molecule has 1 aromatic heterocycles. The third-order valence-electron chi connectivity index (χ3n) is 20.0. The van der Waals surface area contributed by atoms with Crippen molar-refractivity contribution in [2.45, 2.75) is 0 Å². The SMILES string of the molecule is Bc1c(B)c(B)c(-c2c(B)c(B)c(-c3c4c(B)c(B)c(B)c(B)c4c(-c4c(B)c(B)c5oc6c(B)c(B)c(B)c(B)c6c5c4B)c4c(B)c(B)c(B)c(B)c34)c3c(B)c(B)c(B)c(B)c23)c(B)c1B. The number of furan rings is 1. The van der Waals surface area contributed by atoms with Crippen LogP contribution in [-0.4, -0.2) is 204 Å². The summed E-state index contributed by atoms with van der Waals surface area (Å²) < 4.78 is 7.07. The Hall–Kier alpha value is -3.97. The van der Waals surface area contributed by atoms with E-state index in [-0.39, 0.29) is 0 Å². The fraction of sp³-hybridized carbons (Fsp3) is 0. The van der Waals surface area contributed by atoms with Crippen LogP contribution < -0.4 is 142 Å². The summed E-state index contributed by atoms with van der Waals surface area (Å²) in [6.07, 6.45) is 0. The molecule has 0 aliphatic heterocycles. The highest BCUT2D eigenvalue weighted by Crippen LogP contribution is 2.42. The van der Waals surface area contributed by atoms with Crippen LogP contribution in [0, 0.1) is 0 Å². The molecule has 27 heteroatoms. The van der Waals surface area contributed by atoms with E-state index in [0.29, 0.717) is 0 Å². The highest BCUT2D eigenvalue weighted by Gasteiger charge is 2.32. The van der Waals surface area contributed by atoms with E-state index in [2.05, 4.69) is 204 Å². The summed E-state index contributed by atoms with van der Waals surface area (Å²) in [5.41, 5.74) is 45.9. The smallest absolute Gasteiger partial charge is 0.143 e. The first-order valence-electron chi connectivity index (χ1n) is 25.7. The summed E-state index contributed by atoms with van der Waals surface area (Å²) in [6.45, 7) is 0. The Bertz CT molecular complexity index is 3860. The number of hydrogen-bond donors (Lipinski definition) is 0. The molecule has 0 N–H and O–H groups in total. The summed E-state index contributed by atoms with van der Waals surface area (Å²) in [4.78, 5) is 0. The third kappa shape index (κ3) is 6.41. The van der Waals surface area contributed by atoms with E-state index in [0.717, 1.165) is 11.2 Å². The molecule has 9 aromatic rings. The van der Waals surface area contributed by atoms with Gasteiger partial charge >= 0.3 is 0 Å². The van der Waals surface area contributed by atoms with Crippen LogP contribution >= 0.6 is 0 Å². The molecule has 0 aliphatic carbocycles. The largest absolute Gasteiger partial charge is 0.457 e. The lowest BCUT2D eigenvalue weighted by Gasteiger charge is -2.33. The van der Waals surface area contributed by atoms with Gasteiger partial charge in [0.2, 0.25) is 0 Å². The van der Waals surface area contributed by atoms with Gasteiger partial charge in [0.05, 0.1) is 0 Å². The Morgan fingerprint density at radius 2 is 0.304 bits per heavy atom. The van der Waals surface area contributed by atoms with Gasteiger partial charge in [0, 0.05) is 10.8 Å². The quantitative estimate of drug-likeness (QED) is 0.127. The molecule has 0 spiro atoms. The van der Waals surface area contributed by atoms with E-state index in [1.165, 1.54) is 219 Å². The lowest BCUT2D eigenvalue weighted by molar-refractivity contribution is 0.675. The molecule has 304 valence electrons. The minimum atomic E-state index is 1.03. The van der Waals surface area contributed by atoms with Crippen LogP contribution in [0.2, 0.25) is 0 Å². The zero-order chi connectivity index (χ0) is 51.0. The molecule has 69 heavy (non-hydrogen) atoms. The molecule has 0 saturated carbocycles. The molecule has 1 heterocycles. The third-order valence-corrected chi connectivity index (χ3v) is 20.0. The Morgan fingerprint density at radius 3 is 0.652 bits per heavy atom. The standard InChI is InChI=1S/C42H52B26O/c43-15-11(26(54)39(67)41-13(15)14-27(55)36(64)38(66)40(68)42(14)69-41)2-6-3(18(46)28(56)30(58)20(6)48)1(4-7(2)21(49)31(59)29(57)19(4)47)5-8-9(23(51)33(61)32(60)22(8)50)10(17(45)16(5)44)12-24(52)34(62)37(65)35(63)25(12)53/h43-68H2. The molecule has 9 rings (SSSR count). The van der Waals surface area contributed by atoms with Gasteiger partial charge in [-0.05, 0) is 65.7 Å². The normalized spacial score (nSPS) is 11.8. The van der Waals surface area contributed by atoms with E-state index < -0.39 is 0 Å². The van der Waals surface area contributed by atoms with Crippen molar-refractivity contribution in [1.29, 1.82) is 0 Å². The molecule has 0 atom stereocenters. The number of benzene rings is 8. The van der Waals surface area contributed by atoms with Gasteiger partial charge in [-0.3, -0.25) is 0 Å². The Balaban J connectivity index is 1.65. The van der Waals surface area contributed by atoms with Crippen LogP contribution in [0.15, 0.2) is 4.42 Å². The van der Waals surface area contributed by atoms with Gasteiger partial charge in [0.25, 0.3) is 0 Å². The first kappa shape index (κ1) is 50.0. The summed E-state index contributed by atoms with van der Waals surface area (Å²) >= 11 is 0. The minimum Gasteiger partial charge on any atom is -0.457 e. The number of rotatable bonds is 3. The maximum atomic E-state index is 7.07. The van der Waals surface area contributed by atoms with Gasteiger partial charge in [-0.2, -0.15) is 0 Å². The zero-order valence-electron chi connectivity index (χ0n) is 47.4. The van der Waals surface area contributed by atoms with Crippen LogP contribution in [0.4, 0.5) is 0 Å². The summed E-state index contributed by atoms with van der Waals surface area (Å²) in [5.74, 6) is 0. The Morgan fingerprint density at radius 1 is 0.130 bits per heavy atom. The second-order valence-corrected chi connectivity index (χ2v) is 22.3. The first-order chi connectivity index (χ1) is 32.2. The fourth-order valence-electron chi connectivity index (χ4n) is 13.5. The molecule has 0 bridgehead atoms.